The zero-order valence-corrected chi connectivity index (χ0v) is 18.9. The number of benzene rings is 1. The van der Waals surface area contributed by atoms with E-state index in [0.717, 1.165) is 49.4 Å². The molecule has 2 saturated carbocycles. The lowest BCUT2D eigenvalue weighted by atomic mass is 9.80. The lowest BCUT2D eigenvalue weighted by Gasteiger charge is -2.42. The molecule has 5 rings (SSSR count). The van der Waals surface area contributed by atoms with Crippen molar-refractivity contribution in [2.45, 2.75) is 88.9 Å². The minimum absolute atomic E-state index is 0.0875. The molecule has 2 aliphatic heterocycles. The average Bonchev–Trinajstić information content (AvgIpc) is 3.52. The Hall–Kier alpha value is -2.41. The Morgan fingerprint density at radius 1 is 1.12 bits per heavy atom. The first-order valence-electron chi connectivity index (χ1n) is 12.1. The lowest BCUT2D eigenvalue weighted by molar-refractivity contribution is -0.136. The van der Waals surface area contributed by atoms with Crippen LogP contribution in [-0.4, -0.2) is 46.8 Å². The van der Waals surface area contributed by atoms with Gasteiger partial charge in [0.2, 0.25) is 11.8 Å². The monoisotopic (exact) mass is 438 g/mol. The van der Waals surface area contributed by atoms with Crippen LogP contribution in [-0.2, 0) is 16.1 Å². The molecule has 7 nitrogen and oxygen atoms in total. The molecular weight excluding hydrogens is 404 g/mol. The highest BCUT2D eigenvalue weighted by molar-refractivity contribution is 6.06. The number of hydrogen-bond donors (Lipinski definition) is 2. The van der Waals surface area contributed by atoms with Gasteiger partial charge in [0.25, 0.3) is 5.91 Å². The van der Waals surface area contributed by atoms with Crippen LogP contribution in [0.5, 0.6) is 0 Å². The van der Waals surface area contributed by atoms with Gasteiger partial charge in [0, 0.05) is 47.9 Å². The molecule has 3 amide bonds. The number of nitrogens with zero attached hydrogens (tertiary/aromatic N) is 2. The topological polar surface area (TPSA) is 95.7 Å². The molecule has 3 N–H and O–H groups in total. The Kier molecular flexibility index (Phi) is 5.48. The third kappa shape index (κ3) is 4.15. The molecular formula is C25H34N4O3. The van der Waals surface area contributed by atoms with Crippen LogP contribution in [0.15, 0.2) is 18.2 Å². The summed E-state index contributed by atoms with van der Waals surface area (Å²) in [6, 6.07) is 5.84. The van der Waals surface area contributed by atoms with Crippen molar-refractivity contribution in [1.82, 2.24) is 10.2 Å². The number of imide groups is 1. The number of fused-ring (bicyclic) bond motifs is 1. The summed E-state index contributed by atoms with van der Waals surface area (Å²) in [5.41, 5.74) is 9.18. The Balaban J connectivity index is 1.41. The number of nitrogens with two attached hydrogens (primary N) is 1. The standard InChI is InChI=1S/C25H34N4O3/c1-25(26)12-9-17(10-13-25)28(14-11-16-5-6-16)20-4-2-3-18-19(20)15-29(24(18)32)21-7-8-22(30)27-23(21)31/h2-4,16-17,21H,5-15,26H2,1H3,(H,27,30,31). The quantitative estimate of drug-likeness (QED) is 0.666. The van der Waals surface area contributed by atoms with Gasteiger partial charge in [-0.25, -0.2) is 0 Å². The highest BCUT2D eigenvalue weighted by atomic mass is 16.2. The van der Waals surface area contributed by atoms with E-state index in [2.05, 4.69) is 23.2 Å². The molecule has 2 aliphatic carbocycles. The van der Waals surface area contributed by atoms with E-state index in [1.54, 1.807) is 4.90 Å². The molecule has 1 unspecified atom stereocenters. The molecule has 0 radical (unpaired) electrons. The van der Waals surface area contributed by atoms with E-state index in [0.29, 0.717) is 24.6 Å². The summed E-state index contributed by atoms with van der Waals surface area (Å²) in [5, 5.41) is 2.40. The minimum Gasteiger partial charge on any atom is -0.368 e. The second-order valence-electron chi connectivity index (χ2n) is 10.5. The van der Waals surface area contributed by atoms with E-state index < -0.39 is 6.04 Å². The first-order valence-corrected chi connectivity index (χ1v) is 12.1. The van der Waals surface area contributed by atoms with Crippen molar-refractivity contribution < 1.29 is 14.4 Å². The number of nitrogens with one attached hydrogen (secondary N) is 1. The molecule has 32 heavy (non-hydrogen) atoms. The van der Waals surface area contributed by atoms with E-state index in [1.165, 1.54) is 19.3 Å². The Bertz CT molecular complexity index is 929. The third-order valence-corrected chi connectivity index (χ3v) is 7.88. The van der Waals surface area contributed by atoms with Crippen molar-refractivity contribution in [1.29, 1.82) is 0 Å². The Labute approximate surface area is 189 Å². The van der Waals surface area contributed by atoms with E-state index in [9.17, 15) is 14.4 Å². The smallest absolute Gasteiger partial charge is 0.255 e. The molecule has 0 bridgehead atoms. The van der Waals surface area contributed by atoms with Crippen LogP contribution >= 0.6 is 0 Å². The molecule has 1 aromatic carbocycles. The van der Waals surface area contributed by atoms with Crippen LogP contribution < -0.4 is 16.0 Å². The van der Waals surface area contributed by atoms with Gasteiger partial charge in [0.05, 0.1) is 0 Å². The van der Waals surface area contributed by atoms with Crippen molar-refractivity contribution in [2.24, 2.45) is 11.7 Å². The fraction of sp³-hybridized carbons (Fsp3) is 0.640. The highest BCUT2D eigenvalue weighted by Gasteiger charge is 2.41. The van der Waals surface area contributed by atoms with Crippen molar-refractivity contribution in [3.8, 4) is 0 Å². The lowest BCUT2D eigenvalue weighted by Crippen LogP contribution is -2.52. The maximum Gasteiger partial charge on any atom is 0.255 e. The molecule has 1 saturated heterocycles. The summed E-state index contributed by atoms with van der Waals surface area (Å²) in [4.78, 5) is 41.5. The van der Waals surface area contributed by atoms with Crippen LogP contribution in [0.25, 0.3) is 0 Å². The van der Waals surface area contributed by atoms with E-state index in [1.807, 2.05) is 12.1 Å². The molecule has 3 fully saturated rings. The zero-order chi connectivity index (χ0) is 22.5. The van der Waals surface area contributed by atoms with Crippen LogP contribution in [0, 0.1) is 5.92 Å². The highest BCUT2D eigenvalue weighted by Crippen LogP contribution is 2.40. The number of hydrogen-bond acceptors (Lipinski definition) is 5. The van der Waals surface area contributed by atoms with Gasteiger partial charge in [-0.15, -0.1) is 0 Å². The molecule has 1 aromatic rings. The predicted molar refractivity (Wildman–Crippen MR) is 122 cm³/mol. The predicted octanol–water partition coefficient (Wildman–Crippen LogP) is 2.71. The maximum atomic E-state index is 13.3. The number of amides is 3. The van der Waals surface area contributed by atoms with Gasteiger partial charge in [0.15, 0.2) is 0 Å². The average molecular weight is 439 g/mol. The van der Waals surface area contributed by atoms with E-state index in [-0.39, 0.29) is 29.7 Å². The van der Waals surface area contributed by atoms with Gasteiger partial charge in [0.1, 0.15) is 6.04 Å². The maximum absolute atomic E-state index is 13.3. The summed E-state index contributed by atoms with van der Waals surface area (Å²) in [5.74, 6) is 0.117. The van der Waals surface area contributed by atoms with E-state index in [4.69, 9.17) is 5.73 Å². The SMILES string of the molecule is CC1(N)CCC(N(CCC2CC2)c2cccc3c2CN(C2CCC(=O)NC2=O)C3=O)CC1. The summed E-state index contributed by atoms with van der Waals surface area (Å²) in [6.07, 6.45) is 8.65. The second kappa shape index (κ2) is 8.18. The summed E-state index contributed by atoms with van der Waals surface area (Å²) < 4.78 is 0. The van der Waals surface area contributed by atoms with Gasteiger partial charge in [-0.1, -0.05) is 18.9 Å². The summed E-state index contributed by atoms with van der Waals surface area (Å²) in [7, 11) is 0. The van der Waals surface area contributed by atoms with Crippen LogP contribution in [0.2, 0.25) is 0 Å². The Morgan fingerprint density at radius 3 is 2.56 bits per heavy atom. The van der Waals surface area contributed by atoms with Gasteiger partial charge in [-0.2, -0.15) is 0 Å². The van der Waals surface area contributed by atoms with E-state index >= 15 is 0 Å². The van der Waals surface area contributed by atoms with Crippen molar-refractivity contribution in [2.75, 3.05) is 11.4 Å². The molecule has 2 heterocycles. The number of rotatable bonds is 6. The molecule has 0 spiro atoms. The fourth-order valence-corrected chi connectivity index (χ4v) is 5.64. The largest absolute Gasteiger partial charge is 0.368 e. The van der Waals surface area contributed by atoms with Crippen LogP contribution in [0.1, 0.15) is 80.6 Å². The third-order valence-electron chi connectivity index (χ3n) is 7.88. The van der Waals surface area contributed by atoms with Gasteiger partial charge in [-0.05, 0) is 63.5 Å². The fourth-order valence-electron chi connectivity index (χ4n) is 5.64. The summed E-state index contributed by atoms with van der Waals surface area (Å²) in [6.45, 7) is 3.58. The number of carbonyl (C=O) groups excluding carboxylic acids is 3. The van der Waals surface area contributed by atoms with Crippen molar-refractivity contribution in [3.05, 3.63) is 29.3 Å². The van der Waals surface area contributed by atoms with Crippen LogP contribution in [0.4, 0.5) is 5.69 Å². The van der Waals surface area contributed by atoms with Crippen molar-refractivity contribution >= 4 is 23.4 Å². The Morgan fingerprint density at radius 2 is 1.88 bits per heavy atom. The molecule has 1 atom stereocenters. The molecule has 7 heteroatoms. The van der Waals surface area contributed by atoms with Crippen LogP contribution in [0.3, 0.4) is 0 Å². The molecule has 172 valence electrons. The molecule has 0 aromatic heterocycles. The normalized spacial score (nSPS) is 30.3. The number of anilines is 1. The van der Waals surface area contributed by atoms with Gasteiger partial charge < -0.3 is 15.5 Å². The van der Waals surface area contributed by atoms with Crippen molar-refractivity contribution in [3.63, 3.8) is 0 Å². The number of carbonyl (C=O) groups is 3. The first-order chi connectivity index (χ1) is 15.3. The van der Waals surface area contributed by atoms with Gasteiger partial charge >= 0.3 is 0 Å². The van der Waals surface area contributed by atoms with Gasteiger partial charge in [-0.3, -0.25) is 19.7 Å². The molecule has 4 aliphatic rings. The zero-order valence-electron chi connectivity index (χ0n) is 18.9. The number of piperidine rings is 1. The minimum atomic E-state index is -0.576. The second-order valence-corrected chi connectivity index (χ2v) is 10.5. The first kappa shape index (κ1) is 21.4. The summed E-state index contributed by atoms with van der Waals surface area (Å²) >= 11 is 0.